The Kier molecular flexibility index (Phi) is 8.26. The predicted octanol–water partition coefficient (Wildman–Crippen LogP) is 4.44. The summed E-state index contributed by atoms with van der Waals surface area (Å²) in [4.78, 5) is 5.12. The minimum absolute atomic E-state index is 0. The molecule has 2 aromatic rings. The van der Waals surface area contributed by atoms with Crippen LogP contribution in [0.3, 0.4) is 0 Å². The first-order valence-electron chi connectivity index (χ1n) is 8.41. The Labute approximate surface area is 183 Å². The van der Waals surface area contributed by atoms with Gasteiger partial charge in [0, 0.05) is 28.9 Å². The van der Waals surface area contributed by atoms with Crippen LogP contribution in [-0.2, 0) is 0 Å². The third-order valence-electron chi connectivity index (χ3n) is 4.17. The Morgan fingerprint density at radius 3 is 2.63 bits per heavy atom. The van der Waals surface area contributed by atoms with Gasteiger partial charge in [0.1, 0.15) is 17.7 Å². The van der Waals surface area contributed by atoms with Crippen molar-refractivity contribution >= 4 is 52.9 Å². The van der Waals surface area contributed by atoms with Crippen molar-refractivity contribution in [2.75, 3.05) is 13.1 Å². The number of halogens is 4. The molecular formula is C18H21ClF2IN3OS. The molecule has 0 bridgehead atoms. The maximum atomic E-state index is 13.9. The van der Waals surface area contributed by atoms with Gasteiger partial charge in [-0.2, -0.15) is 0 Å². The SMILES string of the molecule is CCNC(=NCC(O)c1ccc(Cl)s1)NC1CC1c1c(F)cccc1F.I. The van der Waals surface area contributed by atoms with Crippen LogP contribution in [0.4, 0.5) is 8.78 Å². The number of nitrogens with one attached hydrogen (secondary N) is 2. The monoisotopic (exact) mass is 527 g/mol. The molecule has 3 N–H and O–H groups in total. The molecule has 0 aliphatic heterocycles. The maximum absolute atomic E-state index is 13.9. The van der Waals surface area contributed by atoms with Gasteiger partial charge < -0.3 is 15.7 Å². The second-order valence-corrected chi connectivity index (χ2v) is 7.85. The zero-order valence-electron chi connectivity index (χ0n) is 14.6. The highest BCUT2D eigenvalue weighted by atomic mass is 127. The normalized spacial score (nSPS) is 20.0. The minimum Gasteiger partial charge on any atom is -0.386 e. The molecule has 1 aromatic heterocycles. The molecule has 1 aliphatic carbocycles. The molecule has 1 aromatic carbocycles. The Morgan fingerprint density at radius 2 is 2.04 bits per heavy atom. The molecule has 0 saturated heterocycles. The van der Waals surface area contributed by atoms with E-state index < -0.39 is 17.7 Å². The van der Waals surface area contributed by atoms with Crippen LogP contribution in [0.2, 0.25) is 4.34 Å². The van der Waals surface area contributed by atoms with Crippen LogP contribution >= 0.6 is 46.9 Å². The molecule has 3 atom stereocenters. The van der Waals surface area contributed by atoms with Crippen LogP contribution in [0, 0.1) is 11.6 Å². The zero-order chi connectivity index (χ0) is 18.7. The number of benzene rings is 1. The summed E-state index contributed by atoms with van der Waals surface area (Å²) in [5, 5.41) is 16.5. The summed E-state index contributed by atoms with van der Waals surface area (Å²) < 4.78 is 28.4. The Balaban J connectivity index is 0.00000261. The van der Waals surface area contributed by atoms with E-state index in [4.69, 9.17) is 11.6 Å². The number of aliphatic imine (C=N–C) groups is 1. The highest BCUT2D eigenvalue weighted by Gasteiger charge is 2.42. The molecule has 1 heterocycles. The van der Waals surface area contributed by atoms with E-state index >= 15 is 0 Å². The van der Waals surface area contributed by atoms with Crippen LogP contribution in [-0.4, -0.2) is 30.2 Å². The smallest absolute Gasteiger partial charge is 0.191 e. The van der Waals surface area contributed by atoms with E-state index in [2.05, 4.69) is 15.6 Å². The Morgan fingerprint density at radius 1 is 1.33 bits per heavy atom. The van der Waals surface area contributed by atoms with Gasteiger partial charge in [-0.15, -0.1) is 35.3 Å². The first kappa shape index (κ1) is 22.3. The summed E-state index contributed by atoms with van der Waals surface area (Å²) in [6.07, 6.45) is -0.118. The topological polar surface area (TPSA) is 56.7 Å². The van der Waals surface area contributed by atoms with Crippen molar-refractivity contribution in [3.8, 4) is 0 Å². The van der Waals surface area contributed by atoms with Crippen molar-refractivity contribution in [2.45, 2.75) is 31.4 Å². The summed E-state index contributed by atoms with van der Waals surface area (Å²) >= 11 is 7.19. The highest BCUT2D eigenvalue weighted by Crippen LogP contribution is 2.43. The van der Waals surface area contributed by atoms with E-state index in [-0.39, 0.29) is 48.0 Å². The van der Waals surface area contributed by atoms with E-state index in [9.17, 15) is 13.9 Å². The van der Waals surface area contributed by atoms with Gasteiger partial charge >= 0.3 is 0 Å². The average molecular weight is 528 g/mol. The van der Waals surface area contributed by atoms with Crippen molar-refractivity contribution in [1.29, 1.82) is 0 Å². The molecule has 0 spiro atoms. The van der Waals surface area contributed by atoms with Crippen molar-refractivity contribution < 1.29 is 13.9 Å². The third-order valence-corrected chi connectivity index (χ3v) is 5.50. The number of thiophene rings is 1. The van der Waals surface area contributed by atoms with Gasteiger partial charge in [-0.3, -0.25) is 4.99 Å². The molecule has 0 amide bonds. The second-order valence-electron chi connectivity index (χ2n) is 6.11. The molecule has 1 saturated carbocycles. The fourth-order valence-electron chi connectivity index (χ4n) is 2.81. The molecule has 3 unspecified atom stereocenters. The van der Waals surface area contributed by atoms with E-state index in [1.54, 1.807) is 12.1 Å². The lowest BCUT2D eigenvalue weighted by molar-refractivity contribution is 0.191. The molecular weight excluding hydrogens is 507 g/mol. The van der Waals surface area contributed by atoms with E-state index in [1.165, 1.54) is 29.5 Å². The fraction of sp³-hybridized carbons (Fsp3) is 0.389. The van der Waals surface area contributed by atoms with Crippen LogP contribution in [0.5, 0.6) is 0 Å². The molecule has 0 radical (unpaired) electrons. The van der Waals surface area contributed by atoms with Gasteiger partial charge in [-0.1, -0.05) is 17.7 Å². The first-order chi connectivity index (χ1) is 12.5. The standard InChI is InChI=1S/C18H20ClF2N3OS.HI/c1-2-22-18(23-9-14(25)15-6-7-16(19)26-15)24-13-8-10(13)17-11(20)4-3-5-12(17)21;/h3-7,10,13-14,25H,2,8-9H2,1H3,(H2,22,23,24);1H. The van der Waals surface area contributed by atoms with Crippen LogP contribution in [0.1, 0.15) is 35.8 Å². The van der Waals surface area contributed by atoms with Crippen LogP contribution in [0.15, 0.2) is 35.3 Å². The predicted molar refractivity (Wildman–Crippen MR) is 116 cm³/mol. The van der Waals surface area contributed by atoms with Gasteiger partial charge in [0.2, 0.25) is 0 Å². The number of hydrogen-bond acceptors (Lipinski definition) is 3. The summed E-state index contributed by atoms with van der Waals surface area (Å²) in [5.74, 6) is -0.753. The Hall–Kier alpha value is -0.970. The Bertz CT molecular complexity index is 784. The van der Waals surface area contributed by atoms with Crippen molar-refractivity contribution in [3.05, 3.63) is 56.7 Å². The van der Waals surface area contributed by atoms with Gasteiger partial charge in [0.25, 0.3) is 0 Å². The van der Waals surface area contributed by atoms with Crippen molar-refractivity contribution in [3.63, 3.8) is 0 Å². The number of hydrogen-bond donors (Lipinski definition) is 3. The lowest BCUT2D eigenvalue weighted by Crippen LogP contribution is -2.39. The van der Waals surface area contributed by atoms with Gasteiger partial charge in [-0.05, 0) is 37.6 Å². The maximum Gasteiger partial charge on any atom is 0.191 e. The lowest BCUT2D eigenvalue weighted by atomic mass is 10.1. The highest BCUT2D eigenvalue weighted by molar-refractivity contribution is 14.0. The van der Waals surface area contributed by atoms with Gasteiger partial charge in [-0.25, -0.2) is 8.78 Å². The molecule has 3 rings (SSSR count). The largest absolute Gasteiger partial charge is 0.386 e. The molecule has 1 aliphatic rings. The van der Waals surface area contributed by atoms with E-state index in [0.29, 0.717) is 23.3 Å². The van der Waals surface area contributed by atoms with Crippen molar-refractivity contribution in [1.82, 2.24) is 10.6 Å². The molecule has 9 heteroatoms. The average Bonchev–Trinajstić information content (AvgIpc) is 3.19. The van der Waals surface area contributed by atoms with Gasteiger partial charge in [0.15, 0.2) is 5.96 Å². The van der Waals surface area contributed by atoms with Crippen LogP contribution < -0.4 is 10.6 Å². The lowest BCUT2D eigenvalue weighted by Gasteiger charge is -2.13. The number of rotatable bonds is 6. The number of guanidine groups is 1. The third kappa shape index (κ3) is 5.75. The van der Waals surface area contributed by atoms with E-state index in [0.717, 1.165) is 4.88 Å². The molecule has 4 nitrogen and oxygen atoms in total. The summed E-state index contributed by atoms with van der Waals surface area (Å²) in [5.41, 5.74) is 0.120. The first-order valence-corrected chi connectivity index (χ1v) is 9.61. The zero-order valence-corrected chi connectivity index (χ0v) is 18.5. The molecule has 1 fully saturated rings. The molecule has 27 heavy (non-hydrogen) atoms. The molecule has 148 valence electrons. The minimum atomic E-state index is -0.748. The fourth-order valence-corrected chi connectivity index (χ4v) is 3.85. The number of nitrogens with zero attached hydrogens (tertiary/aromatic N) is 1. The summed E-state index contributed by atoms with van der Waals surface area (Å²) in [6, 6.07) is 7.32. The quantitative estimate of drug-likeness (QED) is 0.296. The number of aliphatic hydroxyl groups is 1. The van der Waals surface area contributed by atoms with E-state index in [1.807, 2.05) is 6.92 Å². The van der Waals surface area contributed by atoms with Crippen LogP contribution in [0.25, 0.3) is 0 Å². The number of aliphatic hydroxyl groups excluding tert-OH is 1. The summed E-state index contributed by atoms with van der Waals surface area (Å²) in [6.45, 7) is 2.73. The second kappa shape index (κ2) is 9.99. The van der Waals surface area contributed by atoms with Gasteiger partial charge in [0.05, 0.1) is 10.9 Å². The van der Waals surface area contributed by atoms with Crippen molar-refractivity contribution in [2.24, 2.45) is 4.99 Å². The summed E-state index contributed by atoms with van der Waals surface area (Å²) in [7, 11) is 0.